The van der Waals surface area contributed by atoms with Gasteiger partial charge >= 0.3 is 6.18 Å². The predicted molar refractivity (Wildman–Crippen MR) is 109 cm³/mol. The summed E-state index contributed by atoms with van der Waals surface area (Å²) >= 11 is 0. The van der Waals surface area contributed by atoms with E-state index in [2.05, 4.69) is 10.2 Å². The molecule has 0 unspecified atom stereocenters. The highest BCUT2D eigenvalue weighted by Crippen LogP contribution is 2.34. The van der Waals surface area contributed by atoms with Crippen LogP contribution in [0.15, 0.2) is 48.5 Å². The van der Waals surface area contributed by atoms with Gasteiger partial charge in [0, 0.05) is 32.2 Å². The summed E-state index contributed by atoms with van der Waals surface area (Å²) in [6.45, 7) is 3.06. The molecule has 0 radical (unpaired) electrons. The van der Waals surface area contributed by atoms with Crippen LogP contribution in [0.3, 0.4) is 0 Å². The first kappa shape index (κ1) is 22.3. The van der Waals surface area contributed by atoms with Crippen LogP contribution in [0, 0.1) is 0 Å². The summed E-state index contributed by atoms with van der Waals surface area (Å²) < 4.78 is 44.9. The Morgan fingerprint density at radius 1 is 1.23 bits per heavy atom. The quantitative estimate of drug-likeness (QED) is 0.787. The first-order chi connectivity index (χ1) is 14.2. The van der Waals surface area contributed by atoms with Crippen molar-refractivity contribution in [1.82, 2.24) is 10.2 Å². The number of aryl methyl sites for hydroxylation is 1. The van der Waals surface area contributed by atoms with Crippen molar-refractivity contribution in [3.63, 3.8) is 0 Å². The molecule has 0 saturated carbocycles. The second-order valence-corrected chi connectivity index (χ2v) is 7.88. The van der Waals surface area contributed by atoms with E-state index < -0.39 is 17.3 Å². The lowest BCUT2D eigenvalue weighted by Gasteiger charge is -2.45. The molecule has 2 aromatic carbocycles. The van der Waals surface area contributed by atoms with E-state index in [9.17, 15) is 18.0 Å². The molecule has 7 heteroatoms. The van der Waals surface area contributed by atoms with Crippen molar-refractivity contribution in [3.8, 4) is 0 Å². The van der Waals surface area contributed by atoms with E-state index in [0.29, 0.717) is 24.9 Å². The molecule has 1 fully saturated rings. The molecular weight excluding hydrogens is 393 g/mol. The second kappa shape index (κ2) is 8.78. The Morgan fingerprint density at radius 3 is 2.53 bits per heavy atom. The summed E-state index contributed by atoms with van der Waals surface area (Å²) in [6, 6.07) is 13.0. The Hall–Kier alpha value is -2.38. The van der Waals surface area contributed by atoms with Gasteiger partial charge in [-0.05, 0) is 42.8 Å². The number of likely N-dealkylation sites (N-methyl/N-ethyl adjacent to an activating group) is 1. The molecule has 1 aliphatic heterocycles. The van der Waals surface area contributed by atoms with Crippen molar-refractivity contribution in [2.75, 3.05) is 27.2 Å². The van der Waals surface area contributed by atoms with E-state index in [-0.39, 0.29) is 17.6 Å². The minimum absolute atomic E-state index is 0.0810. The summed E-state index contributed by atoms with van der Waals surface area (Å²) in [4.78, 5) is 15.4. The standard InChI is InChI=1S/C23H27F3N2O2/c1-4-16-12-18(23(24,25)26)10-11-20(16)21(29)27-22(17-8-6-5-7-9-17)13-19(30-3)14-28(2)15-22/h5-12,19H,4,13-15H2,1-3H3,(H,27,29)/t19-,22-/m1/s1. The number of hydrogen-bond acceptors (Lipinski definition) is 3. The molecule has 0 bridgehead atoms. The lowest BCUT2D eigenvalue weighted by Crippen LogP contribution is -2.59. The molecule has 0 aliphatic carbocycles. The largest absolute Gasteiger partial charge is 0.416 e. The number of carbonyl (C=O) groups is 1. The van der Waals surface area contributed by atoms with Crippen molar-refractivity contribution in [3.05, 3.63) is 70.8 Å². The Bertz CT molecular complexity index is 886. The van der Waals surface area contributed by atoms with Crippen molar-refractivity contribution in [2.45, 2.75) is 37.6 Å². The SMILES string of the molecule is CCc1cc(C(F)(F)F)ccc1C(=O)N[C@]1(c2ccccc2)C[C@@H](OC)CN(C)C1. The van der Waals surface area contributed by atoms with Gasteiger partial charge in [0.05, 0.1) is 17.2 Å². The van der Waals surface area contributed by atoms with Crippen LogP contribution in [0.4, 0.5) is 13.2 Å². The third-order valence-corrected chi connectivity index (χ3v) is 5.70. The fourth-order valence-electron chi connectivity index (χ4n) is 4.25. The number of benzene rings is 2. The average Bonchev–Trinajstić information content (AvgIpc) is 2.72. The highest BCUT2D eigenvalue weighted by molar-refractivity contribution is 5.96. The number of alkyl halides is 3. The molecule has 0 spiro atoms. The Labute approximate surface area is 175 Å². The highest BCUT2D eigenvalue weighted by Gasteiger charge is 2.42. The fraction of sp³-hybridized carbons (Fsp3) is 0.435. The summed E-state index contributed by atoms with van der Waals surface area (Å²) in [5.41, 5.74) is 0.128. The predicted octanol–water partition coefficient (Wildman–Crippen LogP) is 4.24. The molecule has 1 amide bonds. The van der Waals surface area contributed by atoms with E-state index in [4.69, 9.17) is 4.74 Å². The third-order valence-electron chi connectivity index (χ3n) is 5.70. The smallest absolute Gasteiger partial charge is 0.380 e. The van der Waals surface area contributed by atoms with Crippen LogP contribution >= 0.6 is 0 Å². The molecule has 30 heavy (non-hydrogen) atoms. The molecule has 2 aromatic rings. The Kier molecular flexibility index (Phi) is 6.53. The van der Waals surface area contributed by atoms with Crippen molar-refractivity contribution >= 4 is 5.91 Å². The van der Waals surface area contributed by atoms with E-state index >= 15 is 0 Å². The summed E-state index contributed by atoms with van der Waals surface area (Å²) in [5.74, 6) is -0.380. The number of likely N-dealkylation sites (tertiary alicyclic amines) is 1. The highest BCUT2D eigenvalue weighted by atomic mass is 19.4. The monoisotopic (exact) mass is 420 g/mol. The molecule has 1 N–H and O–H groups in total. The number of ether oxygens (including phenoxy) is 1. The first-order valence-electron chi connectivity index (χ1n) is 9.98. The van der Waals surface area contributed by atoms with E-state index in [1.54, 1.807) is 14.0 Å². The second-order valence-electron chi connectivity index (χ2n) is 7.88. The average molecular weight is 420 g/mol. The first-order valence-corrected chi connectivity index (χ1v) is 9.98. The number of hydrogen-bond donors (Lipinski definition) is 1. The minimum atomic E-state index is -4.44. The van der Waals surface area contributed by atoms with Gasteiger partial charge in [-0.1, -0.05) is 37.3 Å². The van der Waals surface area contributed by atoms with Gasteiger partial charge in [0.25, 0.3) is 5.91 Å². The number of methoxy groups -OCH3 is 1. The number of carbonyl (C=O) groups excluding carboxylic acids is 1. The molecule has 0 aromatic heterocycles. The number of nitrogens with zero attached hydrogens (tertiary/aromatic N) is 1. The van der Waals surface area contributed by atoms with E-state index in [1.807, 2.05) is 37.4 Å². The van der Waals surface area contributed by atoms with Crippen molar-refractivity contribution < 1.29 is 22.7 Å². The number of piperidine rings is 1. The number of rotatable bonds is 5. The Balaban J connectivity index is 1.98. The van der Waals surface area contributed by atoms with Gasteiger partial charge < -0.3 is 15.0 Å². The molecule has 2 atom stereocenters. The fourth-order valence-corrected chi connectivity index (χ4v) is 4.25. The molecule has 4 nitrogen and oxygen atoms in total. The van der Waals surface area contributed by atoms with E-state index in [1.165, 1.54) is 6.07 Å². The van der Waals surface area contributed by atoms with Gasteiger partial charge in [-0.25, -0.2) is 0 Å². The van der Waals surface area contributed by atoms with Gasteiger partial charge in [0.15, 0.2) is 0 Å². The maximum absolute atomic E-state index is 13.3. The molecular formula is C23H27F3N2O2. The van der Waals surface area contributed by atoms with Crippen LogP contribution in [-0.2, 0) is 22.9 Å². The van der Waals surface area contributed by atoms with Gasteiger partial charge in [-0.3, -0.25) is 4.79 Å². The zero-order valence-corrected chi connectivity index (χ0v) is 17.4. The molecule has 1 aliphatic rings. The van der Waals surface area contributed by atoms with Crippen LogP contribution in [-0.4, -0.2) is 44.2 Å². The van der Waals surface area contributed by atoms with Crippen LogP contribution in [0.2, 0.25) is 0 Å². The number of halogens is 3. The molecule has 162 valence electrons. The summed E-state index contributed by atoms with van der Waals surface area (Å²) in [7, 11) is 3.61. The van der Waals surface area contributed by atoms with Crippen LogP contribution < -0.4 is 5.32 Å². The van der Waals surface area contributed by atoms with Crippen LogP contribution in [0.5, 0.6) is 0 Å². The zero-order valence-electron chi connectivity index (χ0n) is 17.4. The van der Waals surface area contributed by atoms with Crippen molar-refractivity contribution in [1.29, 1.82) is 0 Å². The summed E-state index contributed by atoms with van der Waals surface area (Å²) in [5, 5.41) is 3.15. The lowest BCUT2D eigenvalue weighted by molar-refractivity contribution is -0.137. The van der Waals surface area contributed by atoms with Crippen LogP contribution in [0.25, 0.3) is 0 Å². The maximum Gasteiger partial charge on any atom is 0.416 e. The van der Waals surface area contributed by atoms with Gasteiger partial charge in [0.2, 0.25) is 0 Å². The molecule has 3 rings (SSSR count). The van der Waals surface area contributed by atoms with Crippen LogP contribution in [0.1, 0.15) is 40.4 Å². The zero-order chi connectivity index (χ0) is 21.9. The number of amides is 1. The maximum atomic E-state index is 13.3. The van der Waals surface area contributed by atoms with Gasteiger partial charge in [-0.15, -0.1) is 0 Å². The minimum Gasteiger partial charge on any atom is -0.380 e. The number of nitrogens with one attached hydrogen (secondary N) is 1. The van der Waals surface area contributed by atoms with Crippen molar-refractivity contribution in [2.24, 2.45) is 0 Å². The van der Waals surface area contributed by atoms with Gasteiger partial charge in [-0.2, -0.15) is 13.2 Å². The third kappa shape index (κ3) is 4.68. The van der Waals surface area contributed by atoms with Gasteiger partial charge in [0.1, 0.15) is 0 Å². The normalized spacial score (nSPS) is 22.7. The molecule has 1 saturated heterocycles. The topological polar surface area (TPSA) is 41.6 Å². The Morgan fingerprint density at radius 2 is 1.93 bits per heavy atom. The molecule has 1 heterocycles. The lowest BCUT2D eigenvalue weighted by atomic mass is 9.80. The summed E-state index contributed by atoms with van der Waals surface area (Å²) in [6.07, 6.45) is -3.62. The van der Waals surface area contributed by atoms with E-state index in [0.717, 1.165) is 24.2 Å².